The number of nitrogens with zero attached hydrogens (tertiary/aromatic N) is 1. The van der Waals surface area contributed by atoms with E-state index in [0.717, 1.165) is 37.8 Å². The van der Waals surface area contributed by atoms with Gasteiger partial charge in [-0.25, -0.2) is 0 Å². The third-order valence-electron chi connectivity index (χ3n) is 5.92. The number of nitrogens with one attached hydrogen (secondary N) is 1. The summed E-state index contributed by atoms with van der Waals surface area (Å²) in [6.07, 6.45) is 4.42. The topological polar surface area (TPSA) is 52.6 Å². The quantitative estimate of drug-likeness (QED) is 0.888. The Kier molecular flexibility index (Phi) is 4.68. The van der Waals surface area contributed by atoms with Crippen LogP contribution in [0.2, 0.25) is 0 Å². The number of piperidine rings is 1. The van der Waals surface area contributed by atoms with E-state index in [-0.39, 0.29) is 18.0 Å². The molecule has 0 radical (unpaired) electrons. The first-order valence-electron chi connectivity index (χ1n) is 9.58. The van der Waals surface area contributed by atoms with Crippen LogP contribution in [0.3, 0.4) is 0 Å². The molecule has 1 aliphatic heterocycles. The van der Waals surface area contributed by atoms with Crippen LogP contribution in [-0.4, -0.2) is 40.1 Å². The van der Waals surface area contributed by atoms with Crippen LogP contribution in [0.1, 0.15) is 42.5 Å². The Morgan fingerprint density at radius 3 is 2.42 bits per heavy atom. The summed E-state index contributed by atoms with van der Waals surface area (Å²) in [7, 11) is 0. The Labute approximate surface area is 154 Å². The fraction of sp³-hybridized carbons (Fsp3) is 0.409. The molecule has 4 rings (SSSR count). The number of carbonyl (C=O) groups is 1. The number of para-hydroxylation sites is 1. The van der Waals surface area contributed by atoms with Crippen LogP contribution >= 0.6 is 0 Å². The highest BCUT2D eigenvalue weighted by atomic mass is 16.3. The second-order valence-corrected chi connectivity index (χ2v) is 7.47. The molecule has 1 heterocycles. The van der Waals surface area contributed by atoms with Gasteiger partial charge in [0.05, 0.1) is 12.1 Å². The van der Waals surface area contributed by atoms with Crippen molar-refractivity contribution in [1.82, 2.24) is 4.90 Å². The molecule has 2 unspecified atom stereocenters. The highest BCUT2D eigenvalue weighted by molar-refractivity contribution is 5.94. The molecule has 0 spiro atoms. The molecule has 136 valence electrons. The van der Waals surface area contributed by atoms with Crippen LogP contribution < -0.4 is 5.32 Å². The highest BCUT2D eigenvalue weighted by Gasteiger charge is 2.52. The van der Waals surface area contributed by atoms with Crippen molar-refractivity contribution in [2.75, 3.05) is 11.9 Å². The minimum atomic E-state index is -0.878. The lowest BCUT2D eigenvalue weighted by atomic mass is 9.71. The van der Waals surface area contributed by atoms with Crippen molar-refractivity contribution in [3.05, 3.63) is 66.2 Å². The van der Waals surface area contributed by atoms with Crippen LogP contribution in [0.5, 0.6) is 0 Å². The Hall–Kier alpha value is -2.33. The molecule has 1 saturated heterocycles. The van der Waals surface area contributed by atoms with Crippen molar-refractivity contribution in [1.29, 1.82) is 0 Å². The van der Waals surface area contributed by atoms with Crippen molar-refractivity contribution >= 4 is 11.6 Å². The van der Waals surface area contributed by atoms with Gasteiger partial charge in [0.25, 0.3) is 5.91 Å². The maximum absolute atomic E-state index is 13.1. The van der Waals surface area contributed by atoms with Gasteiger partial charge in [-0.2, -0.15) is 0 Å². The van der Waals surface area contributed by atoms with Crippen LogP contribution in [0.25, 0.3) is 0 Å². The summed E-state index contributed by atoms with van der Waals surface area (Å²) in [6, 6.07) is 19.3. The van der Waals surface area contributed by atoms with Gasteiger partial charge < -0.3 is 15.3 Å². The lowest BCUT2D eigenvalue weighted by Crippen LogP contribution is -2.67. The largest absolute Gasteiger partial charge is 0.386 e. The maximum atomic E-state index is 13.1. The zero-order chi connectivity index (χ0) is 18.0. The van der Waals surface area contributed by atoms with Crippen LogP contribution in [0.15, 0.2) is 60.7 Å². The number of anilines is 1. The molecular weight excluding hydrogens is 324 g/mol. The molecule has 3 atom stereocenters. The number of aliphatic hydroxyl groups is 1. The summed E-state index contributed by atoms with van der Waals surface area (Å²) in [6.45, 7) is 0.672. The van der Waals surface area contributed by atoms with E-state index in [2.05, 4.69) is 5.32 Å². The Bertz CT molecular complexity index is 749. The monoisotopic (exact) mass is 350 g/mol. The molecule has 4 nitrogen and oxygen atoms in total. The molecule has 4 heteroatoms. The summed E-state index contributed by atoms with van der Waals surface area (Å²) in [4.78, 5) is 15.0. The van der Waals surface area contributed by atoms with Gasteiger partial charge in [-0.1, -0.05) is 49.2 Å². The summed E-state index contributed by atoms with van der Waals surface area (Å²) in [5.41, 5.74) is 0.851. The van der Waals surface area contributed by atoms with Gasteiger partial charge in [0, 0.05) is 17.8 Å². The highest BCUT2D eigenvalue weighted by Crippen LogP contribution is 2.40. The number of hydrogen-bond donors (Lipinski definition) is 2. The number of benzene rings is 2. The number of fused-ring (bicyclic) bond motifs is 1. The lowest BCUT2D eigenvalue weighted by Gasteiger charge is -2.54. The van der Waals surface area contributed by atoms with Crippen LogP contribution in [0, 0.1) is 0 Å². The smallest absolute Gasteiger partial charge is 0.254 e. The fourth-order valence-electron chi connectivity index (χ4n) is 4.59. The van der Waals surface area contributed by atoms with Gasteiger partial charge in [0.15, 0.2) is 0 Å². The van der Waals surface area contributed by atoms with Crippen LogP contribution in [-0.2, 0) is 0 Å². The minimum absolute atomic E-state index is 0.0324. The van der Waals surface area contributed by atoms with E-state index in [1.165, 1.54) is 0 Å². The Morgan fingerprint density at radius 1 is 1.00 bits per heavy atom. The molecule has 2 aliphatic rings. The number of hydrogen-bond acceptors (Lipinski definition) is 3. The first-order chi connectivity index (χ1) is 12.7. The van der Waals surface area contributed by atoms with Crippen molar-refractivity contribution in [2.45, 2.75) is 49.8 Å². The standard InChI is InChI=1S/C22H26N2O2/c25-21(17-9-3-1-4-10-17)24-16-14-19(23-18-11-5-2-6-12-18)22(26)15-8-7-13-20(22)24/h1-6,9-12,19-20,23,26H,7-8,13-16H2/t19?,20?,22-/m0/s1. The summed E-state index contributed by atoms with van der Waals surface area (Å²) in [5.74, 6) is 0.0362. The van der Waals surface area contributed by atoms with Gasteiger partial charge in [-0.05, 0) is 43.5 Å². The second-order valence-electron chi connectivity index (χ2n) is 7.47. The first kappa shape index (κ1) is 17.1. The number of carbonyl (C=O) groups excluding carboxylic acids is 1. The van der Waals surface area contributed by atoms with E-state index in [9.17, 15) is 9.90 Å². The zero-order valence-electron chi connectivity index (χ0n) is 15.0. The summed E-state index contributed by atoms with van der Waals surface area (Å²) < 4.78 is 0. The lowest BCUT2D eigenvalue weighted by molar-refractivity contribution is -0.0994. The van der Waals surface area contributed by atoms with E-state index >= 15 is 0 Å². The predicted molar refractivity (Wildman–Crippen MR) is 103 cm³/mol. The van der Waals surface area contributed by atoms with E-state index in [1.807, 2.05) is 65.6 Å². The van der Waals surface area contributed by atoms with Crippen molar-refractivity contribution in [3.8, 4) is 0 Å². The first-order valence-corrected chi connectivity index (χ1v) is 9.58. The molecule has 0 bridgehead atoms. The van der Waals surface area contributed by atoms with Gasteiger partial charge in [-0.15, -0.1) is 0 Å². The van der Waals surface area contributed by atoms with Crippen molar-refractivity contribution in [3.63, 3.8) is 0 Å². The predicted octanol–water partition coefficient (Wildman–Crippen LogP) is 3.69. The van der Waals surface area contributed by atoms with E-state index in [4.69, 9.17) is 0 Å². The second kappa shape index (κ2) is 7.12. The fourth-order valence-corrected chi connectivity index (χ4v) is 4.59. The molecule has 2 N–H and O–H groups in total. The SMILES string of the molecule is O=C(c1ccccc1)N1CCC(Nc2ccccc2)[C@@]2(O)CCCCC12. The molecule has 0 aromatic heterocycles. The normalized spacial score (nSPS) is 28.3. The molecule has 26 heavy (non-hydrogen) atoms. The van der Waals surface area contributed by atoms with Crippen molar-refractivity contribution in [2.24, 2.45) is 0 Å². The van der Waals surface area contributed by atoms with E-state index in [0.29, 0.717) is 12.1 Å². The maximum Gasteiger partial charge on any atom is 0.254 e. The van der Waals surface area contributed by atoms with Gasteiger partial charge in [0.1, 0.15) is 5.60 Å². The van der Waals surface area contributed by atoms with Crippen LogP contribution in [0.4, 0.5) is 5.69 Å². The average Bonchev–Trinajstić information content (AvgIpc) is 2.69. The summed E-state index contributed by atoms with van der Waals surface area (Å²) in [5, 5.41) is 15.2. The third-order valence-corrected chi connectivity index (χ3v) is 5.92. The summed E-state index contributed by atoms with van der Waals surface area (Å²) >= 11 is 0. The van der Waals surface area contributed by atoms with Gasteiger partial charge in [0.2, 0.25) is 0 Å². The number of amides is 1. The zero-order valence-corrected chi connectivity index (χ0v) is 15.0. The molecular formula is C22H26N2O2. The van der Waals surface area contributed by atoms with E-state index < -0.39 is 5.60 Å². The molecule has 2 fully saturated rings. The molecule has 1 saturated carbocycles. The third kappa shape index (κ3) is 3.10. The molecule has 1 aliphatic carbocycles. The van der Waals surface area contributed by atoms with Gasteiger partial charge >= 0.3 is 0 Å². The Morgan fingerprint density at radius 2 is 1.69 bits per heavy atom. The van der Waals surface area contributed by atoms with Crippen molar-refractivity contribution < 1.29 is 9.90 Å². The average molecular weight is 350 g/mol. The Balaban J connectivity index is 1.59. The number of likely N-dealkylation sites (tertiary alicyclic amines) is 1. The molecule has 2 aromatic rings. The minimum Gasteiger partial charge on any atom is -0.386 e. The number of rotatable bonds is 3. The molecule has 2 aromatic carbocycles. The van der Waals surface area contributed by atoms with Gasteiger partial charge in [-0.3, -0.25) is 4.79 Å². The van der Waals surface area contributed by atoms with E-state index in [1.54, 1.807) is 0 Å². The molecule has 1 amide bonds.